The van der Waals surface area contributed by atoms with Crippen LogP contribution in [-0.4, -0.2) is 69.3 Å². The van der Waals surface area contributed by atoms with Gasteiger partial charge in [-0.15, -0.1) is 5.10 Å². The molecule has 0 saturated carbocycles. The van der Waals surface area contributed by atoms with Crippen LogP contribution in [0.15, 0.2) is 5.16 Å². The number of hydrogen-bond acceptors (Lipinski definition) is 7. The number of carbonyl (C=O) groups excluding carboxylic acids is 1. The Bertz CT molecular complexity index is 585. The van der Waals surface area contributed by atoms with Crippen molar-refractivity contribution >= 4 is 27.5 Å². The molecule has 1 saturated heterocycles. The van der Waals surface area contributed by atoms with Crippen LogP contribution in [-0.2, 0) is 21.7 Å². The van der Waals surface area contributed by atoms with Crippen molar-refractivity contribution < 1.29 is 13.2 Å². The summed E-state index contributed by atoms with van der Waals surface area (Å²) in [6.45, 7) is 2.37. The maximum atomic E-state index is 12.2. The molecule has 1 atom stereocenters. The molecule has 1 amide bonds. The standard InChI is InChI=1S/C10H17N5O3S2/c1-3-15(8-4-5-20(17,18)7-8)9(16)6-19-10-11-12-13-14(10)2/h8H,3-7H2,1-2H3. The molecular formula is C10H17N5O3S2. The van der Waals surface area contributed by atoms with E-state index in [0.29, 0.717) is 18.1 Å². The molecule has 0 aliphatic carbocycles. The van der Waals surface area contributed by atoms with Gasteiger partial charge in [-0.1, -0.05) is 11.8 Å². The smallest absolute Gasteiger partial charge is 0.233 e. The molecule has 1 aliphatic rings. The van der Waals surface area contributed by atoms with Crippen molar-refractivity contribution in [2.45, 2.75) is 24.5 Å². The lowest BCUT2D eigenvalue weighted by atomic mass is 10.2. The van der Waals surface area contributed by atoms with Crippen LogP contribution in [0, 0.1) is 0 Å². The Morgan fingerprint density at radius 2 is 2.30 bits per heavy atom. The van der Waals surface area contributed by atoms with E-state index in [1.54, 1.807) is 11.9 Å². The van der Waals surface area contributed by atoms with Gasteiger partial charge in [0.2, 0.25) is 11.1 Å². The van der Waals surface area contributed by atoms with Crippen molar-refractivity contribution in [2.75, 3.05) is 23.8 Å². The first-order valence-electron chi connectivity index (χ1n) is 6.28. The van der Waals surface area contributed by atoms with Gasteiger partial charge in [-0.05, 0) is 23.8 Å². The number of sulfone groups is 1. The average molecular weight is 319 g/mol. The number of hydrogen-bond donors (Lipinski definition) is 0. The maximum Gasteiger partial charge on any atom is 0.233 e. The second-order valence-electron chi connectivity index (χ2n) is 4.61. The SMILES string of the molecule is CCN(C(=O)CSc1nnnn1C)C1CCS(=O)(=O)C1. The van der Waals surface area contributed by atoms with E-state index in [1.807, 2.05) is 6.92 Å². The van der Waals surface area contributed by atoms with Crippen molar-refractivity contribution in [3.8, 4) is 0 Å². The molecule has 1 aromatic rings. The van der Waals surface area contributed by atoms with Crippen LogP contribution < -0.4 is 0 Å². The minimum Gasteiger partial charge on any atom is -0.338 e. The number of thioether (sulfide) groups is 1. The molecule has 1 aromatic heterocycles. The Balaban J connectivity index is 1.94. The summed E-state index contributed by atoms with van der Waals surface area (Å²) in [5.74, 6) is 0.367. The van der Waals surface area contributed by atoms with Crippen LogP contribution >= 0.6 is 11.8 Å². The normalized spacial score (nSPS) is 21.0. The van der Waals surface area contributed by atoms with Gasteiger partial charge in [-0.3, -0.25) is 4.79 Å². The molecule has 1 fully saturated rings. The van der Waals surface area contributed by atoms with Crippen LogP contribution in [0.2, 0.25) is 0 Å². The predicted octanol–water partition coefficient (Wildman–Crippen LogP) is -0.662. The van der Waals surface area contributed by atoms with Crippen molar-refractivity contribution in [2.24, 2.45) is 7.05 Å². The third kappa shape index (κ3) is 3.48. The van der Waals surface area contributed by atoms with Crippen molar-refractivity contribution in [3.05, 3.63) is 0 Å². The second-order valence-corrected chi connectivity index (χ2v) is 7.78. The first-order valence-corrected chi connectivity index (χ1v) is 9.08. The number of aromatic nitrogens is 4. The zero-order valence-electron chi connectivity index (χ0n) is 11.4. The highest BCUT2D eigenvalue weighted by molar-refractivity contribution is 7.99. The molecule has 1 unspecified atom stereocenters. The molecule has 0 radical (unpaired) electrons. The lowest BCUT2D eigenvalue weighted by molar-refractivity contribution is -0.129. The third-order valence-corrected chi connectivity index (χ3v) is 5.96. The van der Waals surface area contributed by atoms with Crippen LogP contribution in [0.5, 0.6) is 0 Å². The highest BCUT2D eigenvalue weighted by Crippen LogP contribution is 2.20. The number of tetrazole rings is 1. The molecule has 10 heteroatoms. The Hall–Kier alpha value is -1.16. The largest absolute Gasteiger partial charge is 0.338 e. The number of carbonyl (C=O) groups is 1. The lowest BCUT2D eigenvalue weighted by Crippen LogP contribution is -2.42. The van der Waals surface area contributed by atoms with E-state index in [0.717, 1.165) is 0 Å². The molecule has 20 heavy (non-hydrogen) atoms. The summed E-state index contributed by atoms with van der Waals surface area (Å²) >= 11 is 1.25. The summed E-state index contributed by atoms with van der Waals surface area (Å²) in [5, 5.41) is 11.5. The zero-order valence-corrected chi connectivity index (χ0v) is 13.0. The van der Waals surface area contributed by atoms with E-state index in [1.165, 1.54) is 16.4 Å². The molecule has 0 bridgehead atoms. The predicted molar refractivity (Wildman–Crippen MR) is 74.0 cm³/mol. The Kier molecular flexibility index (Phi) is 4.63. The van der Waals surface area contributed by atoms with Crippen LogP contribution in [0.25, 0.3) is 0 Å². The molecule has 0 spiro atoms. The Morgan fingerprint density at radius 3 is 2.80 bits per heavy atom. The van der Waals surface area contributed by atoms with Crippen molar-refractivity contribution in [1.82, 2.24) is 25.1 Å². The number of aryl methyl sites for hydroxylation is 1. The van der Waals surface area contributed by atoms with Gasteiger partial charge in [0.1, 0.15) is 0 Å². The van der Waals surface area contributed by atoms with Gasteiger partial charge >= 0.3 is 0 Å². The Morgan fingerprint density at radius 1 is 1.55 bits per heavy atom. The summed E-state index contributed by atoms with van der Waals surface area (Å²) in [6, 6.07) is -0.198. The van der Waals surface area contributed by atoms with Gasteiger partial charge in [0.15, 0.2) is 9.84 Å². The quantitative estimate of drug-likeness (QED) is 0.664. The summed E-state index contributed by atoms with van der Waals surface area (Å²) < 4.78 is 24.5. The van der Waals surface area contributed by atoms with Gasteiger partial charge in [-0.2, -0.15) is 0 Å². The molecule has 112 valence electrons. The minimum absolute atomic E-state index is 0.0722. The van der Waals surface area contributed by atoms with Crippen LogP contribution in [0.1, 0.15) is 13.3 Å². The van der Waals surface area contributed by atoms with Crippen molar-refractivity contribution in [3.63, 3.8) is 0 Å². The topological polar surface area (TPSA) is 98.1 Å². The van der Waals surface area contributed by atoms with Crippen LogP contribution in [0.4, 0.5) is 0 Å². The summed E-state index contributed by atoms with van der Waals surface area (Å²) in [7, 11) is -1.28. The van der Waals surface area contributed by atoms with E-state index >= 15 is 0 Å². The molecule has 8 nitrogen and oxygen atoms in total. The molecular weight excluding hydrogens is 302 g/mol. The van der Waals surface area contributed by atoms with Gasteiger partial charge in [0, 0.05) is 19.6 Å². The van der Waals surface area contributed by atoms with E-state index in [2.05, 4.69) is 15.5 Å². The van der Waals surface area contributed by atoms with Gasteiger partial charge in [0.05, 0.1) is 17.3 Å². The zero-order chi connectivity index (χ0) is 14.8. The average Bonchev–Trinajstić information content (AvgIpc) is 2.94. The summed E-state index contributed by atoms with van der Waals surface area (Å²) in [4.78, 5) is 13.9. The van der Waals surface area contributed by atoms with Gasteiger partial charge < -0.3 is 4.90 Å². The molecule has 2 rings (SSSR count). The van der Waals surface area contributed by atoms with E-state index in [-0.39, 0.29) is 29.2 Å². The summed E-state index contributed by atoms with van der Waals surface area (Å²) in [5.41, 5.74) is 0. The van der Waals surface area contributed by atoms with Crippen molar-refractivity contribution in [1.29, 1.82) is 0 Å². The van der Waals surface area contributed by atoms with E-state index < -0.39 is 9.84 Å². The summed E-state index contributed by atoms with van der Waals surface area (Å²) in [6.07, 6.45) is 0.526. The van der Waals surface area contributed by atoms with Gasteiger partial charge in [-0.25, -0.2) is 13.1 Å². The fourth-order valence-electron chi connectivity index (χ4n) is 2.21. The molecule has 0 N–H and O–H groups in total. The Labute approximate surface area is 121 Å². The third-order valence-electron chi connectivity index (χ3n) is 3.22. The molecule has 2 heterocycles. The molecule has 1 aliphatic heterocycles. The lowest BCUT2D eigenvalue weighted by Gasteiger charge is -2.26. The highest BCUT2D eigenvalue weighted by Gasteiger charge is 2.33. The monoisotopic (exact) mass is 319 g/mol. The fraction of sp³-hybridized carbons (Fsp3) is 0.800. The maximum absolute atomic E-state index is 12.2. The van der Waals surface area contributed by atoms with Gasteiger partial charge in [0.25, 0.3) is 0 Å². The highest BCUT2D eigenvalue weighted by atomic mass is 32.2. The van der Waals surface area contributed by atoms with E-state index in [4.69, 9.17) is 0 Å². The van der Waals surface area contributed by atoms with Crippen LogP contribution in [0.3, 0.4) is 0 Å². The number of nitrogens with zero attached hydrogens (tertiary/aromatic N) is 5. The fourth-order valence-corrected chi connectivity index (χ4v) is 4.68. The number of amides is 1. The van der Waals surface area contributed by atoms with E-state index in [9.17, 15) is 13.2 Å². The molecule has 0 aromatic carbocycles. The first kappa shape index (κ1) is 15.2. The number of rotatable bonds is 5. The second kappa shape index (κ2) is 6.08. The first-order chi connectivity index (χ1) is 9.43. The minimum atomic E-state index is -2.99.